The van der Waals surface area contributed by atoms with Crippen molar-refractivity contribution < 1.29 is 23.1 Å². The van der Waals surface area contributed by atoms with Crippen LogP contribution >= 0.6 is 11.6 Å². The molecule has 172 valence electrons. The van der Waals surface area contributed by atoms with Gasteiger partial charge in [0.25, 0.3) is 5.91 Å². The SMILES string of the molecule is [B]C1(O)N2C(=O)c3cc(F)c(F)cc3N1c1ccc(F)c(Cl)c1CNCCc1[nH]c(=O)ccc12. The average Bonchev–Trinajstić information content (AvgIpc) is 2.78. The zero-order valence-electron chi connectivity index (χ0n) is 17.3. The molecule has 3 N–H and O–H groups in total. The first kappa shape index (κ1) is 22.5. The molecule has 12 heteroatoms. The lowest BCUT2D eigenvalue weighted by Gasteiger charge is -2.51. The second-order valence-electron chi connectivity index (χ2n) is 7.92. The number of pyridine rings is 1. The Labute approximate surface area is 197 Å². The summed E-state index contributed by atoms with van der Waals surface area (Å²) in [7, 11) is 6.34. The van der Waals surface area contributed by atoms with Gasteiger partial charge in [-0.15, -0.1) is 0 Å². The third-order valence-electron chi connectivity index (χ3n) is 5.85. The van der Waals surface area contributed by atoms with E-state index in [0.29, 0.717) is 6.07 Å². The summed E-state index contributed by atoms with van der Waals surface area (Å²) in [6.45, 7) is 0.262. The first-order valence-electron chi connectivity index (χ1n) is 10.2. The number of carbonyl (C=O) groups is 1. The fraction of sp³-hybridized carbons (Fsp3) is 0.182. The van der Waals surface area contributed by atoms with E-state index in [1.807, 2.05) is 0 Å². The topological polar surface area (TPSA) is 88.7 Å². The molecule has 0 fully saturated rings. The van der Waals surface area contributed by atoms with Gasteiger partial charge in [-0.2, -0.15) is 0 Å². The van der Waals surface area contributed by atoms with Crippen molar-refractivity contribution in [2.45, 2.75) is 18.7 Å². The van der Waals surface area contributed by atoms with E-state index in [-0.39, 0.29) is 58.4 Å². The van der Waals surface area contributed by atoms with Crippen LogP contribution in [0.5, 0.6) is 0 Å². The van der Waals surface area contributed by atoms with Gasteiger partial charge in [0.1, 0.15) is 5.82 Å². The smallest absolute Gasteiger partial charge is 0.263 e. The van der Waals surface area contributed by atoms with Crippen LogP contribution < -0.4 is 20.7 Å². The fourth-order valence-electron chi connectivity index (χ4n) is 4.33. The summed E-state index contributed by atoms with van der Waals surface area (Å²) in [4.78, 5) is 29.9. The Morgan fingerprint density at radius 3 is 2.44 bits per heavy atom. The summed E-state index contributed by atoms with van der Waals surface area (Å²) in [5.74, 6) is -6.96. The number of benzene rings is 2. The molecule has 2 aliphatic rings. The third-order valence-corrected chi connectivity index (χ3v) is 6.26. The number of halogens is 4. The highest BCUT2D eigenvalue weighted by molar-refractivity contribution is 6.32. The average molecular weight is 487 g/mol. The molecular weight excluding hydrogens is 472 g/mol. The van der Waals surface area contributed by atoms with Gasteiger partial charge in [-0.05, 0) is 24.3 Å². The van der Waals surface area contributed by atoms with Gasteiger partial charge in [0.2, 0.25) is 5.56 Å². The highest BCUT2D eigenvalue weighted by Crippen LogP contribution is 2.46. The lowest BCUT2D eigenvalue weighted by atomic mass is 9.88. The van der Waals surface area contributed by atoms with Crippen molar-refractivity contribution in [3.63, 3.8) is 0 Å². The molecule has 0 spiro atoms. The molecule has 34 heavy (non-hydrogen) atoms. The molecule has 2 radical (unpaired) electrons. The number of nitrogens with zero attached hydrogens (tertiary/aromatic N) is 2. The predicted molar refractivity (Wildman–Crippen MR) is 120 cm³/mol. The van der Waals surface area contributed by atoms with Gasteiger partial charge in [-0.1, -0.05) is 11.6 Å². The number of nitrogens with one attached hydrogen (secondary N) is 2. The van der Waals surface area contributed by atoms with Crippen molar-refractivity contribution in [1.29, 1.82) is 0 Å². The van der Waals surface area contributed by atoms with Crippen LogP contribution in [-0.4, -0.2) is 36.1 Å². The largest absolute Gasteiger partial charge is 0.362 e. The van der Waals surface area contributed by atoms with Crippen LogP contribution in [-0.2, 0) is 13.0 Å². The molecule has 3 heterocycles. The Hall–Kier alpha value is -3.28. The number of hydrogen-bond acceptors (Lipinski definition) is 5. The number of aliphatic hydroxyl groups is 1. The Bertz CT molecular complexity index is 1410. The number of aromatic amines is 1. The number of amides is 1. The monoisotopic (exact) mass is 486 g/mol. The molecule has 0 aliphatic carbocycles. The van der Waals surface area contributed by atoms with Gasteiger partial charge in [-0.3, -0.25) is 14.5 Å². The van der Waals surface area contributed by atoms with E-state index in [2.05, 4.69) is 10.3 Å². The number of fused-ring (bicyclic) bond motifs is 8. The molecule has 2 aromatic carbocycles. The van der Waals surface area contributed by atoms with Crippen molar-refractivity contribution in [3.05, 3.63) is 86.0 Å². The standard InChI is InChI=1S/C22H15BClF3N4O3/c23-22(34)30-16-2-1-12(25)20(24)11(16)9-28-6-5-15-17(3-4-19(32)29-15)31(22)21(33)10-7-13(26)14(27)8-18(10)30/h1-4,7-8,28,34H,5-6,9H2,(H,29,32). The van der Waals surface area contributed by atoms with Crippen LogP contribution in [0.25, 0.3) is 0 Å². The molecular formula is C22H15BClF3N4O3. The third kappa shape index (κ3) is 3.31. The van der Waals surface area contributed by atoms with Crippen molar-refractivity contribution in [2.75, 3.05) is 16.3 Å². The maximum atomic E-state index is 14.4. The van der Waals surface area contributed by atoms with Crippen LogP contribution in [0, 0.1) is 17.5 Å². The van der Waals surface area contributed by atoms with Crippen LogP contribution in [0.3, 0.4) is 0 Å². The van der Waals surface area contributed by atoms with E-state index in [4.69, 9.17) is 19.4 Å². The number of anilines is 3. The molecule has 0 saturated carbocycles. The van der Waals surface area contributed by atoms with Crippen molar-refractivity contribution >= 4 is 42.4 Å². The first-order valence-corrected chi connectivity index (χ1v) is 10.5. The molecule has 3 aromatic rings. The Morgan fingerprint density at radius 1 is 0.971 bits per heavy atom. The summed E-state index contributed by atoms with van der Waals surface area (Å²) in [6, 6.07) is 6.14. The maximum absolute atomic E-state index is 14.4. The fourth-order valence-corrected chi connectivity index (χ4v) is 4.56. The maximum Gasteiger partial charge on any atom is 0.263 e. The second-order valence-corrected chi connectivity index (χ2v) is 8.30. The van der Waals surface area contributed by atoms with Crippen LogP contribution in [0.15, 0.2) is 41.2 Å². The van der Waals surface area contributed by atoms with E-state index >= 15 is 0 Å². The molecule has 0 saturated heterocycles. The molecule has 1 atom stereocenters. The zero-order chi connectivity index (χ0) is 24.4. The molecule has 2 bridgehead atoms. The van der Waals surface area contributed by atoms with E-state index in [9.17, 15) is 27.9 Å². The summed E-state index contributed by atoms with van der Waals surface area (Å²) < 4.78 is 42.9. The van der Waals surface area contributed by atoms with Crippen LogP contribution in [0.2, 0.25) is 5.02 Å². The van der Waals surface area contributed by atoms with E-state index in [1.54, 1.807) is 0 Å². The highest BCUT2D eigenvalue weighted by atomic mass is 35.5. The number of hydrogen-bond donors (Lipinski definition) is 3. The Balaban J connectivity index is 1.90. The quantitative estimate of drug-likeness (QED) is 0.425. The lowest BCUT2D eigenvalue weighted by Crippen LogP contribution is -2.66. The first-order chi connectivity index (χ1) is 16.1. The number of aromatic nitrogens is 1. The van der Waals surface area contributed by atoms with Crippen molar-refractivity contribution in [3.8, 4) is 0 Å². The Morgan fingerprint density at radius 2 is 1.68 bits per heavy atom. The van der Waals surface area contributed by atoms with Crippen LogP contribution in [0.4, 0.5) is 30.2 Å². The number of H-pyrrole nitrogens is 1. The summed E-state index contributed by atoms with van der Waals surface area (Å²) in [5, 5.41) is 14.4. The molecule has 1 unspecified atom stereocenters. The van der Waals surface area contributed by atoms with Gasteiger partial charge in [-0.25, -0.2) is 13.2 Å². The molecule has 2 aliphatic heterocycles. The predicted octanol–water partition coefficient (Wildman–Crippen LogP) is 2.66. The van der Waals surface area contributed by atoms with E-state index in [1.165, 1.54) is 12.1 Å². The normalized spacial score (nSPS) is 19.7. The Kier molecular flexibility index (Phi) is 5.23. The van der Waals surface area contributed by atoms with E-state index in [0.717, 1.165) is 28.0 Å². The zero-order valence-corrected chi connectivity index (χ0v) is 18.1. The number of carbonyl (C=O) groups excluding carboxylic acids is 1. The molecule has 5 rings (SSSR count). The molecule has 1 aromatic heterocycles. The second kappa shape index (κ2) is 7.90. The highest BCUT2D eigenvalue weighted by Gasteiger charge is 2.48. The minimum atomic E-state index is -2.69. The summed E-state index contributed by atoms with van der Waals surface area (Å²) in [6.07, 6.45) is 0.179. The minimum absolute atomic E-state index is 0.00212. The van der Waals surface area contributed by atoms with Gasteiger partial charge in [0.05, 0.1) is 27.6 Å². The van der Waals surface area contributed by atoms with Gasteiger partial charge >= 0.3 is 0 Å². The van der Waals surface area contributed by atoms with Crippen molar-refractivity contribution in [1.82, 2.24) is 10.3 Å². The molecule has 1 amide bonds. The van der Waals surface area contributed by atoms with Crippen molar-refractivity contribution in [2.24, 2.45) is 0 Å². The molecule has 7 nitrogen and oxygen atoms in total. The van der Waals surface area contributed by atoms with Gasteiger partial charge < -0.3 is 20.3 Å². The van der Waals surface area contributed by atoms with Gasteiger partial charge in [0, 0.05) is 42.9 Å². The lowest BCUT2D eigenvalue weighted by molar-refractivity contribution is 0.0785. The summed E-state index contributed by atoms with van der Waals surface area (Å²) in [5.41, 5.74) is -0.502. The number of rotatable bonds is 0. The van der Waals surface area contributed by atoms with E-state index < -0.39 is 34.7 Å². The minimum Gasteiger partial charge on any atom is -0.362 e. The van der Waals surface area contributed by atoms with Gasteiger partial charge in [0.15, 0.2) is 25.2 Å². The van der Waals surface area contributed by atoms with Crippen LogP contribution in [0.1, 0.15) is 21.6 Å². The summed E-state index contributed by atoms with van der Waals surface area (Å²) >= 11 is 6.24.